The standard InChI is InChI=1S/C14H19NO2/c1-3-7-13(16)14(17)15-10-11(2)12-8-5-4-6-9-12/h4-6,8-9,11H,3,7,10H2,1-2H3,(H,15,17). The summed E-state index contributed by atoms with van der Waals surface area (Å²) in [4.78, 5) is 22.7. The van der Waals surface area contributed by atoms with Crippen LogP contribution in [0, 0.1) is 0 Å². The Kier molecular flexibility index (Phi) is 5.40. The molecule has 0 saturated carbocycles. The third-order valence-corrected chi connectivity index (χ3v) is 2.67. The highest BCUT2D eigenvalue weighted by Crippen LogP contribution is 2.12. The lowest BCUT2D eigenvalue weighted by Gasteiger charge is -2.12. The number of hydrogen-bond acceptors (Lipinski definition) is 2. The smallest absolute Gasteiger partial charge is 0.287 e. The molecule has 0 spiro atoms. The first-order valence-corrected chi connectivity index (χ1v) is 6.01. The van der Waals surface area contributed by atoms with Crippen molar-refractivity contribution in [1.82, 2.24) is 5.32 Å². The zero-order valence-electron chi connectivity index (χ0n) is 10.4. The van der Waals surface area contributed by atoms with Crippen LogP contribution in [0.5, 0.6) is 0 Å². The normalized spacial score (nSPS) is 11.9. The summed E-state index contributed by atoms with van der Waals surface area (Å²) in [6.45, 7) is 4.41. The molecule has 3 heteroatoms. The van der Waals surface area contributed by atoms with Gasteiger partial charge in [0.05, 0.1) is 0 Å². The highest BCUT2D eigenvalue weighted by molar-refractivity contribution is 6.36. The van der Waals surface area contributed by atoms with Crippen molar-refractivity contribution in [3.05, 3.63) is 35.9 Å². The van der Waals surface area contributed by atoms with Crippen LogP contribution in [0.25, 0.3) is 0 Å². The van der Waals surface area contributed by atoms with E-state index >= 15 is 0 Å². The van der Waals surface area contributed by atoms with E-state index in [1.807, 2.05) is 44.2 Å². The highest BCUT2D eigenvalue weighted by atomic mass is 16.2. The molecule has 1 unspecified atom stereocenters. The van der Waals surface area contributed by atoms with E-state index in [0.29, 0.717) is 19.4 Å². The van der Waals surface area contributed by atoms with Crippen LogP contribution in [0.3, 0.4) is 0 Å². The maximum absolute atomic E-state index is 11.4. The summed E-state index contributed by atoms with van der Waals surface area (Å²) >= 11 is 0. The lowest BCUT2D eigenvalue weighted by atomic mass is 10.0. The van der Waals surface area contributed by atoms with E-state index in [9.17, 15) is 9.59 Å². The average Bonchev–Trinajstić information content (AvgIpc) is 2.36. The van der Waals surface area contributed by atoms with Crippen LogP contribution in [0.2, 0.25) is 0 Å². The second-order valence-electron chi connectivity index (χ2n) is 4.19. The minimum absolute atomic E-state index is 0.217. The summed E-state index contributed by atoms with van der Waals surface area (Å²) < 4.78 is 0. The van der Waals surface area contributed by atoms with Crippen LogP contribution in [-0.4, -0.2) is 18.2 Å². The number of Topliss-reactive ketones (excluding diaryl/α,β-unsaturated/α-hetero) is 1. The molecule has 1 rings (SSSR count). The Bertz CT molecular complexity index is 373. The van der Waals surface area contributed by atoms with Gasteiger partial charge in [-0.3, -0.25) is 9.59 Å². The number of carbonyl (C=O) groups excluding carboxylic acids is 2. The average molecular weight is 233 g/mol. The summed E-state index contributed by atoms with van der Waals surface area (Å²) in [7, 11) is 0. The number of hydrogen-bond donors (Lipinski definition) is 1. The summed E-state index contributed by atoms with van der Waals surface area (Å²) in [5.41, 5.74) is 1.16. The minimum atomic E-state index is -0.463. The molecule has 0 heterocycles. The van der Waals surface area contributed by atoms with E-state index in [-0.39, 0.29) is 11.7 Å². The molecule has 1 N–H and O–H groups in total. The van der Waals surface area contributed by atoms with Gasteiger partial charge in [0.1, 0.15) is 0 Å². The largest absolute Gasteiger partial charge is 0.349 e. The Morgan fingerprint density at radius 1 is 1.24 bits per heavy atom. The Morgan fingerprint density at radius 3 is 2.47 bits per heavy atom. The first-order chi connectivity index (χ1) is 8.15. The second kappa shape index (κ2) is 6.84. The quantitative estimate of drug-likeness (QED) is 0.766. The van der Waals surface area contributed by atoms with Crippen molar-refractivity contribution in [1.29, 1.82) is 0 Å². The van der Waals surface area contributed by atoms with Gasteiger partial charge in [0.25, 0.3) is 5.91 Å². The molecule has 0 aromatic heterocycles. The molecule has 1 amide bonds. The molecule has 3 nitrogen and oxygen atoms in total. The van der Waals surface area contributed by atoms with E-state index in [0.717, 1.165) is 5.56 Å². The Balaban J connectivity index is 2.41. The molecule has 1 aromatic carbocycles. The van der Waals surface area contributed by atoms with E-state index in [1.54, 1.807) is 0 Å². The van der Waals surface area contributed by atoms with Crippen molar-refractivity contribution in [2.45, 2.75) is 32.6 Å². The fourth-order valence-corrected chi connectivity index (χ4v) is 1.58. The van der Waals surface area contributed by atoms with Gasteiger partial charge < -0.3 is 5.32 Å². The molecule has 0 aliphatic carbocycles. The van der Waals surface area contributed by atoms with Gasteiger partial charge in [0.2, 0.25) is 5.78 Å². The van der Waals surface area contributed by atoms with Crippen molar-refractivity contribution < 1.29 is 9.59 Å². The van der Waals surface area contributed by atoms with Crippen LogP contribution in [0.15, 0.2) is 30.3 Å². The van der Waals surface area contributed by atoms with Crippen LogP contribution >= 0.6 is 0 Å². The molecule has 1 atom stereocenters. The maximum Gasteiger partial charge on any atom is 0.287 e. The number of benzene rings is 1. The molecule has 0 saturated heterocycles. The van der Waals surface area contributed by atoms with Crippen LogP contribution in [0.1, 0.15) is 38.2 Å². The van der Waals surface area contributed by atoms with Gasteiger partial charge in [-0.25, -0.2) is 0 Å². The fourth-order valence-electron chi connectivity index (χ4n) is 1.58. The van der Waals surface area contributed by atoms with Crippen molar-refractivity contribution in [3.63, 3.8) is 0 Å². The number of amides is 1. The second-order valence-corrected chi connectivity index (χ2v) is 4.19. The zero-order valence-corrected chi connectivity index (χ0v) is 10.4. The van der Waals surface area contributed by atoms with Crippen LogP contribution in [0.4, 0.5) is 0 Å². The maximum atomic E-state index is 11.4. The van der Waals surface area contributed by atoms with Gasteiger partial charge >= 0.3 is 0 Å². The first kappa shape index (κ1) is 13.4. The van der Waals surface area contributed by atoms with Gasteiger partial charge in [-0.15, -0.1) is 0 Å². The molecular weight excluding hydrogens is 214 g/mol. The summed E-state index contributed by atoms with van der Waals surface area (Å²) in [6, 6.07) is 9.93. The first-order valence-electron chi connectivity index (χ1n) is 6.01. The van der Waals surface area contributed by atoms with Crippen molar-refractivity contribution >= 4 is 11.7 Å². The summed E-state index contributed by atoms with van der Waals surface area (Å²) in [5, 5.41) is 2.68. The number of ketones is 1. The SMILES string of the molecule is CCCC(=O)C(=O)NCC(C)c1ccccc1. The molecule has 1 aromatic rings. The van der Waals surface area contributed by atoms with E-state index in [1.165, 1.54) is 0 Å². The van der Waals surface area contributed by atoms with E-state index in [4.69, 9.17) is 0 Å². The fraction of sp³-hybridized carbons (Fsp3) is 0.429. The molecule has 0 radical (unpaired) electrons. The van der Waals surface area contributed by atoms with Crippen LogP contribution < -0.4 is 5.32 Å². The molecule has 17 heavy (non-hydrogen) atoms. The zero-order chi connectivity index (χ0) is 12.7. The molecule has 0 fully saturated rings. The Labute approximate surface area is 102 Å². The van der Waals surface area contributed by atoms with Gasteiger partial charge in [-0.1, -0.05) is 44.2 Å². The summed E-state index contributed by atoms with van der Waals surface area (Å²) in [5.74, 6) is -0.572. The Hall–Kier alpha value is -1.64. The molecule has 0 aliphatic heterocycles. The van der Waals surface area contributed by atoms with Gasteiger partial charge in [-0.05, 0) is 17.9 Å². The predicted molar refractivity (Wildman–Crippen MR) is 67.8 cm³/mol. The lowest BCUT2D eigenvalue weighted by molar-refractivity contribution is -0.137. The third-order valence-electron chi connectivity index (χ3n) is 2.67. The highest BCUT2D eigenvalue weighted by Gasteiger charge is 2.13. The molecule has 0 aliphatic rings. The van der Waals surface area contributed by atoms with Crippen LogP contribution in [-0.2, 0) is 9.59 Å². The van der Waals surface area contributed by atoms with Crippen molar-refractivity contribution in [2.24, 2.45) is 0 Å². The number of nitrogens with one attached hydrogen (secondary N) is 1. The topological polar surface area (TPSA) is 46.2 Å². The summed E-state index contributed by atoms with van der Waals surface area (Å²) in [6.07, 6.45) is 1.03. The monoisotopic (exact) mass is 233 g/mol. The molecule has 0 bridgehead atoms. The number of carbonyl (C=O) groups is 2. The van der Waals surface area contributed by atoms with Gasteiger partial charge in [0, 0.05) is 13.0 Å². The number of rotatable bonds is 6. The third kappa shape index (κ3) is 4.39. The van der Waals surface area contributed by atoms with E-state index < -0.39 is 5.91 Å². The Morgan fingerprint density at radius 2 is 1.88 bits per heavy atom. The molecular formula is C14H19NO2. The van der Waals surface area contributed by atoms with E-state index in [2.05, 4.69) is 5.32 Å². The minimum Gasteiger partial charge on any atom is -0.349 e. The van der Waals surface area contributed by atoms with Gasteiger partial charge in [-0.2, -0.15) is 0 Å². The predicted octanol–water partition coefficient (Wildman–Crippen LogP) is 2.28. The van der Waals surface area contributed by atoms with Crippen molar-refractivity contribution in [2.75, 3.05) is 6.54 Å². The lowest BCUT2D eigenvalue weighted by Crippen LogP contribution is -2.33. The molecule has 92 valence electrons. The van der Waals surface area contributed by atoms with Crippen molar-refractivity contribution in [3.8, 4) is 0 Å². The van der Waals surface area contributed by atoms with Gasteiger partial charge in [0.15, 0.2) is 0 Å².